The second kappa shape index (κ2) is 9.98. The minimum atomic E-state index is -4.59. The Hall–Kier alpha value is -3.54. The number of hydrogen-bond acceptors (Lipinski definition) is 7. The molecule has 1 amide bonds. The van der Waals surface area contributed by atoms with Crippen molar-refractivity contribution < 1.29 is 27.6 Å². The number of hydrogen-bond donors (Lipinski definition) is 0. The smallest absolute Gasteiger partial charge is 0.418 e. The molecule has 1 fully saturated rings. The second-order valence-corrected chi connectivity index (χ2v) is 8.80. The second-order valence-electron chi connectivity index (χ2n) is 7.91. The molecule has 3 heterocycles. The van der Waals surface area contributed by atoms with Gasteiger partial charge in [0.1, 0.15) is 0 Å². The van der Waals surface area contributed by atoms with E-state index in [4.69, 9.17) is 4.74 Å². The van der Waals surface area contributed by atoms with E-state index in [1.807, 2.05) is 0 Å². The Bertz CT molecular complexity index is 1240. The number of nitro benzene ring substituents is 1. The fraction of sp³-hybridized carbons (Fsp3) is 0.348. The highest BCUT2D eigenvalue weighted by atomic mass is 32.1. The van der Waals surface area contributed by atoms with Crippen LogP contribution < -0.4 is 4.74 Å². The summed E-state index contributed by atoms with van der Waals surface area (Å²) in [5.74, 6) is -0.615. The highest BCUT2D eigenvalue weighted by Gasteiger charge is 2.34. The zero-order chi connectivity index (χ0) is 25.2. The molecule has 0 N–H and O–H groups in total. The third kappa shape index (κ3) is 5.26. The van der Waals surface area contributed by atoms with Crippen LogP contribution in [0.4, 0.5) is 18.9 Å². The van der Waals surface area contributed by atoms with Crippen molar-refractivity contribution >= 4 is 22.9 Å². The molecular formula is C23H21F3N4O4S. The van der Waals surface area contributed by atoms with E-state index < -0.39 is 22.6 Å². The monoisotopic (exact) mass is 506 g/mol. The van der Waals surface area contributed by atoms with Crippen LogP contribution in [0.3, 0.4) is 0 Å². The lowest BCUT2D eigenvalue weighted by molar-refractivity contribution is -0.384. The summed E-state index contributed by atoms with van der Waals surface area (Å²) < 4.78 is 44.4. The van der Waals surface area contributed by atoms with Crippen molar-refractivity contribution in [3.63, 3.8) is 0 Å². The van der Waals surface area contributed by atoms with Gasteiger partial charge in [0.05, 0.1) is 33.4 Å². The minimum absolute atomic E-state index is 0.0149. The van der Waals surface area contributed by atoms with Crippen LogP contribution in [0.1, 0.15) is 46.7 Å². The zero-order valence-corrected chi connectivity index (χ0v) is 19.4. The molecule has 35 heavy (non-hydrogen) atoms. The number of ether oxygens (including phenoxy) is 1. The number of rotatable bonds is 6. The number of aromatic nitrogens is 2. The molecule has 0 spiro atoms. The Morgan fingerprint density at radius 2 is 2.00 bits per heavy atom. The molecule has 0 radical (unpaired) electrons. The number of nitrogens with zero attached hydrogens (tertiary/aromatic N) is 4. The molecule has 1 aliphatic rings. The first kappa shape index (κ1) is 24.6. The summed E-state index contributed by atoms with van der Waals surface area (Å²) in [5, 5.41) is 13.9. The lowest BCUT2D eigenvalue weighted by atomic mass is 9.97. The Labute approximate surface area is 202 Å². The van der Waals surface area contributed by atoms with Crippen LogP contribution in [0, 0.1) is 10.1 Å². The molecular weight excluding hydrogens is 485 g/mol. The summed E-state index contributed by atoms with van der Waals surface area (Å²) in [6.45, 7) is 2.46. The van der Waals surface area contributed by atoms with E-state index in [-0.39, 0.29) is 29.7 Å². The van der Waals surface area contributed by atoms with Gasteiger partial charge < -0.3 is 9.64 Å². The highest BCUT2D eigenvalue weighted by molar-refractivity contribution is 7.10. The molecule has 0 saturated carbocycles. The van der Waals surface area contributed by atoms with E-state index in [0.717, 1.165) is 11.1 Å². The van der Waals surface area contributed by atoms with E-state index in [0.29, 0.717) is 43.4 Å². The summed E-state index contributed by atoms with van der Waals surface area (Å²) in [6.07, 6.45) is -2.76. The summed E-state index contributed by atoms with van der Waals surface area (Å²) >= 11 is 1.41. The van der Waals surface area contributed by atoms with E-state index >= 15 is 0 Å². The fourth-order valence-electron chi connectivity index (χ4n) is 3.95. The fourth-order valence-corrected chi connectivity index (χ4v) is 4.94. The number of piperidine rings is 1. The Balaban J connectivity index is 1.46. The standard InChI is InChI=1S/C23H21F3N4O4S/c1-2-34-19-11-15(23(24,25)26)12-27-20(19)22(31)29-9-7-14(8-10-29)21-28-17(13-35-21)16-5-3-4-6-18(16)30(32)33/h3-6,11-14H,2,7-10H2,1H3. The van der Waals surface area contributed by atoms with Gasteiger partial charge in [-0.3, -0.25) is 14.9 Å². The van der Waals surface area contributed by atoms with Crippen LogP contribution >= 0.6 is 11.3 Å². The lowest BCUT2D eigenvalue weighted by Gasteiger charge is -2.31. The van der Waals surface area contributed by atoms with Crippen LogP contribution in [-0.2, 0) is 6.18 Å². The maximum atomic E-state index is 13.0. The summed E-state index contributed by atoms with van der Waals surface area (Å²) in [4.78, 5) is 33.8. The quantitative estimate of drug-likeness (QED) is 0.321. The molecule has 2 aromatic heterocycles. The van der Waals surface area contributed by atoms with E-state index in [1.165, 1.54) is 17.4 Å². The lowest BCUT2D eigenvalue weighted by Crippen LogP contribution is -2.38. The number of thiazole rings is 1. The molecule has 3 aromatic rings. The average Bonchev–Trinajstić information content (AvgIpc) is 3.33. The number of halogens is 3. The van der Waals surface area contributed by atoms with E-state index in [1.54, 1.807) is 35.4 Å². The Morgan fingerprint density at radius 3 is 2.66 bits per heavy atom. The molecule has 0 atom stereocenters. The third-order valence-corrected chi connectivity index (χ3v) is 6.72. The molecule has 1 aromatic carbocycles. The van der Waals surface area contributed by atoms with Crippen molar-refractivity contribution in [2.24, 2.45) is 0 Å². The number of carbonyl (C=O) groups is 1. The van der Waals surface area contributed by atoms with Gasteiger partial charge in [-0.25, -0.2) is 9.97 Å². The number of likely N-dealkylation sites (tertiary alicyclic amines) is 1. The third-order valence-electron chi connectivity index (χ3n) is 5.71. The van der Waals surface area contributed by atoms with Crippen molar-refractivity contribution in [1.82, 2.24) is 14.9 Å². The van der Waals surface area contributed by atoms with Crippen LogP contribution in [0.15, 0.2) is 41.9 Å². The maximum absolute atomic E-state index is 13.0. The largest absolute Gasteiger partial charge is 0.491 e. The van der Waals surface area contributed by atoms with Crippen LogP contribution in [0.25, 0.3) is 11.3 Å². The molecule has 0 aliphatic carbocycles. The van der Waals surface area contributed by atoms with Crippen molar-refractivity contribution in [3.8, 4) is 17.0 Å². The summed E-state index contributed by atoms with van der Waals surface area (Å²) in [7, 11) is 0. The van der Waals surface area contributed by atoms with Crippen molar-refractivity contribution in [1.29, 1.82) is 0 Å². The van der Waals surface area contributed by atoms with Gasteiger partial charge in [-0.1, -0.05) is 12.1 Å². The molecule has 8 nitrogen and oxygen atoms in total. The van der Waals surface area contributed by atoms with Crippen LogP contribution in [0.2, 0.25) is 0 Å². The number of alkyl halides is 3. The van der Waals surface area contributed by atoms with E-state index in [2.05, 4.69) is 9.97 Å². The van der Waals surface area contributed by atoms with Crippen LogP contribution in [0.5, 0.6) is 5.75 Å². The van der Waals surface area contributed by atoms with Crippen LogP contribution in [-0.4, -0.2) is 45.4 Å². The van der Waals surface area contributed by atoms with Crippen molar-refractivity contribution in [2.75, 3.05) is 19.7 Å². The zero-order valence-electron chi connectivity index (χ0n) is 18.6. The van der Waals surface area contributed by atoms with Gasteiger partial charge in [0.15, 0.2) is 11.4 Å². The maximum Gasteiger partial charge on any atom is 0.418 e. The number of pyridine rings is 1. The van der Waals surface area contributed by atoms with Crippen molar-refractivity contribution in [3.05, 3.63) is 68.3 Å². The van der Waals surface area contributed by atoms with Gasteiger partial charge in [0.25, 0.3) is 11.6 Å². The normalized spacial score (nSPS) is 14.7. The van der Waals surface area contributed by atoms with Gasteiger partial charge in [-0.2, -0.15) is 13.2 Å². The van der Waals surface area contributed by atoms with Gasteiger partial charge in [-0.15, -0.1) is 11.3 Å². The Kier molecular flexibility index (Phi) is 7.01. The van der Waals surface area contributed by atoms with Gasteiger partial charge in [0.2, 0.25) is 0 Å². The predicted molar refractivity (Wildman–Crippen MR) is 122 cm³/mol. The Morgan fingerprint density at radius 1 is 1.29 bits per heavy atom. The molecule has 1 aliphatic heterocycles. The number of amides is 1. The summed E-state index contributed by atoms with van der Waals surface area (Å²) in [5.41, 5.74) is -0.157. The molecule has 12 heteroatoms. The number of para-hydroxylation sites is 1. The molecule has 184 valence electrons. The predicted octanol–water partition coefficient (Wildman–Crippen LogP) is 5.55. The van der Waals surface area contributed by atoms with Gasteiger partial charge in [0, 0.05) is 36.7 Å². The molecule has 4 rings (SSSR count). The first-order valence-electron chi connectivity index (χ1n) is 10.9. The minimum Gasteiger partial charge on any atom is -0.491 e. The summed E-state index contributed by atoms with van der Waals surface area (Å²) in [6, 6.07) is 7.22. The topological polar surface area (TPSA) is 98.5 Å². The number of carbonyl (C=O) groups excluding carboxylic acids is 1. The average molecular weight is 507 g/mol. The first-order valence-corrected chi connectivity index (χ1v) is 11.8. The highest BCUT2D eigenvalue weighted by Crippen LogP contribution is 2.37. The van der Waals surface area contributed by atoms with E-state index in [9.17, 15) is 28.1 Å². The molecule has 1 saturated heterocycles. The molecule has 0 unspecified atom stereocenters. The SMILES string of the molecule is CCOc1cc(C(F)(F)F)cnc1C(=O)N1CCC(c2nc(-c3ccccc3[N+](=O)[O-])cs2)CC1. The molecule has 0 bridgehead atoms. The van der Waals surface area contributed by atoms with Gasteiger partial charge in [-0.05, 0) is 31.9 Å². The van der Waals surface area contributed by atoms with Gasteiger partial charge >= 0.3 is 6.18 Å². The number of benzene rings is 1. The first-order chi connectivity index (χ1) is 16.7. The van der Waals surface area contributed by atoms with Crippen molar-refractivity contribution in [2.45, 2.75) is 31.9 Å². The number of nitro groups is 1.